The van der Waals surface area contributed by atoms with Crippen molar-refractivity contribution in [2.45, 2.75) is 12.5 Å². The molecule has 0 aromatic heterocycles. The fraction of sp³-hybridized carbons (Fsp3) is 0.200. The second kappa shape index (κ2) is 6.33. The van der Waals surface area contributed by atoms with Gasteiger partial charge in [-0.3, -0.25) is 0 Å². The second-order valence-electron chi connectivity index (χ2n) is 4.27. The molecule has 0 unspecified atom stereocenters. The zero-order valence-electron chi connectivity index (χ0n) is 10.5. The molecule has 1 N–H and O–H groups in total. The van der Waals surface area contributed by atoms with E-state index >= 15 is 0 Å². The molecule has 0 radical (unpaired) electrons. The molecule has 2 nitrogen and oxygen atoms in total. The molecule has 2 aromatic carbocycles. The van der Waals surface area contributed by atoms with Crippen LogP contribution in [-0.4, -0.2) is 11.7 Å². The summed E-state index contributed by atoms with van der Waals surface area (Å²) >= 11 is 3.25. The van der Waals surface area contributed by atoms with Crippen LogP contribution >= 0.6 is 15.9 Å². The maximum atomic E-state index is 13.9. The van der Waals surface area contributed by atoms with Crippen molar-refractivity contribution in [3.63, 3.8) is 0 Å². The number of halogens is 3. The fourth-order valence-corrected chi connectivity index (χ4v) is 2.07. The Hall–Kier alpha value is -1.46. The highest BCUT2D eigenvalue weighted by Crippen LogP contribution is 2.29. The Morgan fingerprint density at radius 3 is 2.45 bits per heavy atom. The van der Waals surface area contributed by atoms with E-state index in [2.05, 4.69) is 15.9 Å². The molecule has 0 aliphatic carbocycles. The van der Waals surface area contributed by atoms with Crippen molar-refractivity contribution in [3.05, 3.63) is 64.1 Å². The van der Waals surface area contributed by atoms with E-state index in [9.17, 15) is 8.78 Å². The van der Waals surface area contributed by atoms with Crippen molar-refractivity contribution in [1.82, 2.24) is 0 Å². The molecule has 0 fully saturated rings. The molecule has 106 valence electrons. The summed E-state index contributed by atoms with van der Waals surface area (Å²) in [5, 5.41) is 9.12. The van der Waals surface area contributed by atoms with Crippen LogP contribution in [0, 0.1) is 0 Å². The molecule has 0 bridgehead atoms. The van der Waals surface area contributed by atoms with Crippen molar-refractivity contribution in [2.24, 2.45) is 0 Å². The first kappa shape index (κ1) is 14.9. The molecule has 0 aliphatic rings. The van der Waals surface area contributed by atoms with Crippen LogP contribution in [0.5, 0.6) is 5.75 Å². The van der Waals surface area contributed by atoms with E-state index in [-0.39, 0.29) is 12.2 Å². The van der Waals surface area contributed by atoms with Gasteiger partial charge in [0.2, 0.25) is 0 Å². The number of hydrogen-bond acceptors (Lipinski definition) is 2. The van der Waals surface area contributed by atoms with Crippen molar-refractivity contribution < 1.29 is 18.6 Å². The van der Waals surface area contributed by atoms with Gasteiger partial charge in [-0.05, 0) is 23.8 Å². The average Bonchev–Trinajstić information content (AvgIpc) is 2.47. The minimum Gasteiger partial charge on any atom is -0.487 e. The van der Waals surface area contributed by atoms with Gasteiger partial charge in [-0.25, -0.2) is 0 Å². The third-order valence-electron chi connectivity index (χ3n) is 2.80. The highest BCUT2D eigenvalue weighted by molar-refractivity contribution is 9.10. The van der Waals surface area contributed by atoms with Crippen LogP contribution in [0.15, 0.2) is 53.0 Å². The molecule has 0 saturated heterocycles. The predicted molar refractivity (Wildman–Crippen MR) is 75.9 cm³/mol. The Balaban J connectivity index is 2.08. The van der Waals surface area contributed by atoms with E-state index in [1.54, 1.807) is 30.3 Å². The van der Waals surface area contributed by atoms with E-state index in [0.717, 1.165) is 0 Å². The van der Waals surface area contributed by atoms with Crippen molar-refractivity contribution >= 4 is 15.9 Å². The summed E-state index contributed by atoms with van der Waals surface area (Å²) in [5.41, 5.74) is 0.505. The van der Waals surface area contributed by atoms with Gasteiger partial charge in [-0.15, -0.1) is 0 Å². The summed E-state index contributed by atoms with van der Waals surface area (Å²) in [6, 6.07) is 12.3. The van der Waals surface area contributed by atoms with Gasteiger partial charge in [-0.1, -0.05) is 46.3 Å². The Bertz CT molecular complexity index is 573. The summed E-state index contributed by atoms with van der Waals surface area (Å²) in [7, 11) is 0. The summed E-state index contributed by atoms with van der Waals surface area (Å²) in [4.78, 5) is 0. The lowest BCUT2D eigenvalue weighted by atomic mass is 10.1. The van der Waals surface area contributed by atoms with Gasteiger partial charge >= 0.3 is 5.92 Å². The first-order chi connectivity index (χ1) is 9.53. The number of aliphatic hydroxyl groups is 1. The number of alkyl halides is 2. The predicted octanol–water partition coefficient (Wildman–Crippen LogP) is 4.11. The quantitative estimate of drug-likeness (QED) is 0.885. The van der Waals surface area contributed by atoms with Crippen LogP contribution in [-0.2, 0) is 12.5 Å². The highest BCUT2D eigenvalue weighted by atomic mass is 79.9. The highest BCUT2D eigenvalue weighted by Gasteiger charge is 2.32. The van der Waals surface area contributed by atoms with Crippen molar-refractivity contribution in [3.8, 4) is 5.75 Å². The number of aliphatic hydroxyl groups excluding tert-OH is 1. The van der Waals surface area contributed by atoms with E-state index in [0.29, 0.717) is 15.8 Å². The zero-order chi connectivity index (χ0) is 14.6. The molecule has 2 rings (SSSR count). The number of rotatable bonds is 5. The largest absolute Gasteiger partial charge is 0.487 e. The van der Waals surface area contributed by atoms with Crippen LogP contribution in [0.4, 0.5) is 8.78 Å². The van der Waals surface area contributed by atoms with Crippen molar-refractivity contribution in [2.75, 3.05) is 6.61 Å². The smallest absolute Gasteiger partial charge is 0.306 e. The van der Waals surface area contributed by atoms with Crippen LogP contribution in [0.25, 0.3) is 0 Å². The summed E-state index contributed by atoms with van der Waals surface area (Å²) in [6.45, 7) is -0.934. The van der Waals surface area contributed by atoms with Crippen LogP contribution in [0.3, 0.4) is 0 Å². The van der Waals surface area contributed by atoms with Crippen molar-refractivity contribution in [1.29, 1.82) is 0 Å². The molecule has 0 spiro atoms. The van der Waals surface area contributed by atoms with Gasteiger partial charge in [0, 0.05) is 10.0 Å². The SMILES string of the molecule is OCc1cc(OCC(F)(F)c2ccccc2)ccc1Br. The van der Waals surface area contributed by atoms with E-state index < -0.39 is 12.5 Å². The lowest BCUT2D eigenvalue weighted by molar-refractivity contribution is -0.0467. The summed E-state index contributed by atoms with van der Waals surface area (Å²) < 4.78 is 33.7. The minimum atomic E-state index is -3.06. The summed E-state index contributed by atoms with van der Waals surface area (Å²) in [5.74, 6) is -2.76. The second-order valence-corrected chi connectivity index (χ2v) is 5.12. The van der Waals surface area contributed by atoms with Crippen LogP contribution in [0.1, 0.15) is 11.1 Å². The van der Waals surface area contributed by atoms with E-state index in [1.165, 1.54) is 18.2 Å². The topological polar surface area (TPSA) is 29.5 Å². The van der Waals surface area contributed by atoms with E-state index in [1.807, 2.05) is 0 Å². The van der Waals surface area contributed by atoms with Crippen LogP contribution in [0.2, 0.25) is 0 Å². The van der Waals surface area contributed by atoms with Crippen LogP contribution < -0.4 is 4.74 Å². The Labute approximate surface area is 124 Å². The lowest BCUT2D eigenvalue weighted by Crippen LogP contribution is -2.23. The van der Waals surface area contributed by atoms with Gasteiger partial charge in [0.15, 0.2) is 6.61 Å². The maximum absolute atomic E-state index is 13.9. The summed E-state index contributed by atoms with van der Waals surface area (Å²) in [6.07, 6.45) is 0. The number of ether oxygens (including phenoxy) is 1. The molecule has 0 aliphatic heterocycles. The number of benzene rings is 2. The first-order valence-corrected chi connectivity index (χ1v) is 6.77. The molecule has 0 heterocycles. The average molecular weight is 343 g/mol. The molecular formula is C15H13BrF2O2. The lowest BCUT2D eigenvalue weighted by Gasteiger charge is -2.18. The molecule has 20 heavy (non-hydrogen) atoms. The molecule has 0 saturated carbocycles. The molecule has 2 aromatic rings. The fourth-order valence-electron chi connectivity index (χ4n) is 1.70. The van der Waals surface area contributed by atoms with E-state index in [4.69, 9.17) is 9.84 Å². The van der Waals surface area contributed by atoms with Gasteiger partial charge in [0.1, 0.15) is 5.75 Å². The molecule has 5 heteroatoms. The molecule has 0 amide bonds. The Kier molecular flexibility index (Phi) is 4.73. The zero-order valence-corrected chi connectivity index (χ0v) is 12.1. The third kappa shape index (κ3) is 3.55. The monoisotopic (exact) mass is 342 g/mol. The number of hydrogen-bond donors (Lipinski definition) is 1. The minimum absolute atomic E-state index is 0.0838. The maximum Gasteiger partial charge on any atom is 0.306 e. The standard InChI is InChI=1S/C15H13BrF2O2/c16-14-7-6-13(8-11(14)9-19)20-10-15(17,18)12-4-2-1-3-5-12/h1-8,19H,9-10H2. The molecule has 0 atom stereocenters. The van der Waals surface area contributed by atoms with Gasteiger partial charge in [-0.2, -0.15) is 8.78 Å². The first-order valence-electron chi connectivity index (χ1n) is 5.98. The third-order valence-corrected chi connectivity index (χ3v) is 3.58. The molecular weight excluding hydrogens is 330 g/mol. The van der Waals surface area contributed by atoms with Gasteiger partial charge in [0.05, 0.1) is 6.61 Å². The Morgan fingerprint density at radius 2 is 1.80 bits per heavy atom. The normalized spacial score (nSPS) is 11.4. The Morgan fingerprint density at radius 1 is 1.10 bits per heavy atom. The van der Waals surface area contributed by atoms with Gasteiger partial charge in [0.25, 0.3) is 0 Å². The van der Waals surface area contributed by atoms with Gasteiger partial charge < -0.3 is 9.84 Å².